The van der Waals surface area contributed by atoms with Crippen LogP contribution in [0, 0.1) is 0 Å². The Morgan fingerprint density at radius 1 is 1.08 bits per heavy atom. The molecule has 1 amide bonds. The summed E-state index contributed by atoms with van der Waals surface area (Å²) in [6.45, 7) is 1.78. The second-order valence-electron chi connectivity index (χ2n) is 4.92. The predicted molar refractivity (Wildman–Crippen MR) is 96.4 cm³/mol. The fraction of sp³-hybridized carbons (Fsp3) is 0.200. The van der Waals surface area contributed by atoms with Crippen molar-refractivity contribution in [1.82, 2.24) is 4.98 Å². The number of nitrogens with zero attached hydrogens (tertiary/aromatic N) is 1. The van der Waals surface area contributed by atoms with E-state index in [2.05, 4.69) is 15.0 Å². The van der Waals surface area contributed by atoms with Gasteiger partial charge in [0.05, 0.1) is 10.8 Å². The quantitative estimate of drug-likeness (QED) is 0.737. The molecule has 9 heteroatoms. The molecular weight excluding hydrogens is 373 g/mol. The molecule has 0 aliphatic rings. The molecule has 0 aliphatic carbocycles. The van der Waals surface area contributed by atoms with Crippen LogP contribution in [0.5, 0.6) is 0 Å². The van der Waals surface area contributed by atoms with Gasteiger partial charge < -0.3 is 5.32 Å². The molecule has 0 radical (unpaired) electrons. The van der Waals surface area contributed by atoms with Crippen LogP contribution in [0.4, 0.5) is 11.4 Å². The van der Waals surface area contributed by atoms with Crippen molar-refractivity contribution in [2.45, 2.75) is 13.3 Å². The molecule has 0 bridgehead atoms. The molecule has 1 aromatic heterocycles. The summed E-state index contributed by atoms with van der Waals surface area (Å²) in [4.78, 5) is 16.0. The Morgan fingerprint density at radius 2 is 1.71 bits per heavy atom. The Balaban J connectivity index is 2.09. The first-order chi connectivity index (χ1) is 11.3. The molecule has 128 valence electrons. The van der Waals surface area contributed by atoms with Crippen LogP contribution in [0.1, 0.15) is 23.8 Å². The van der Waals surface area contributed by atoms with Crippen LogP contribution in [-0.2, 0) is 10.0 Å². The number of amides is 1. The summed E-state index contributed by atoms with van der Waals surface area (Å²) >= 11 is 11.7. The van der Waals surface area contributed by atoms with Gasteiger partial charge in [-0.15, -0.1) is 0 Å². The maximum absolute atomic E-state index is 12.2. The molecule has 2 aromatic rings. The Hall–Kier alpha value is -1.83. The van der Waals surface area contributed by atoms with E-state index in [1.807, 2.05) is 0 Å². The third-order valence-corrected chi connectivity index (χ3v) is 4.92. The van der Waals surface area contributed by atoms with E-state index in [-0.39, 0.29) is 21.6 Å². The van der Waals surface area contributed by atoms with Gasteiger partial charge in [-0.25, -0.2) is 13.4 Å². The van der Waals surface area contributed by atoms with E-state index in [0.29, 0.717) is 17.8 Å². The van der Waals surface area contributed by atoms with Crippen molar-refractivity contribution in [2.24, 2.45) is 0 Å². The summed E-state index contributed by atoms with van der Waals surface area (Å²) in [7, 11) is -3.35. The summed E-state index contributed by atoms with van der Waals surface area (Å²) in [5.41, 5.74) is 0.897. The second-order valence-corrected chi connectivity index (χ2v) is 7.55. The zero-order chi connectivity index (χ0) is 17.7. The van der Waals surface area contributed by atoms with Crippen molar-refractivity contribution in [3.63, 3.8) is 0 Å². The highest BCUT2D eigenvalue weighted by Crippen LogP contribution is 2.20. The Labute approximate surface area is 150 Å². The van der Waals surface area contributed by atoms with E-state index in [9.17, 15) is 13.2 Å². The third-order valence-electron chi connectivity index (χ3n) is 2.92. The van der Waals surface area contributed by atoms with E-state index in [4.69, 9.17) is 23.2 Å². The lowest BCUT2D eigenvalue weighted by Gasteiger charge is -2.09. The molecule has 0 saturated heterocycles. The smallest absolute Gasteiger partial charge is 0.275 e. The van der Waals surface area contributed by atoms with Crippen LogP contribution in [0.3, 0.4) is 0 Å². The lowest BCUT2D eigenvalue weighted by Crippen LogP contribution is -2.16. The molecule has 0 spiro atoms. The fourth-order valence-electron chi connectivity index (χ4n) is 1.89. The summed E-state index contributed by atoms with van der Waals surface area (Å²) in [5, 5.41) is 2.96. The Morgan fingerprint density at radius 3 is 2.33 bits per heavy atom. The number of pyridine rings is 1. The first-order valence-corrected chi connectivity index (χ1v) is 9.45. The van der Waals surface area contributed by atoms with Crippen LogP contribution in [0.15, 0.2) is 36.4 Å². The van der Waals surface area contributed by atoms with Gasteiger partial charge in [0.25, 0.3) is 5.91 Å². The molecule has 1 heterocycles. The number of sulfonamides is 1. The highest BCUT2D eigenvalue weighted by molar-refractivity contribution is 7.92. The molecule has 2 rings (SSSR count). The van der Waals surface area contributed by atoms with Gasteiger partial charge in [0.15, 0.2) is 0 Å². The normalized spacial score (nSPS) is 11.1. The maximum Gasteiger partial charge on any atom is 0.275 e. The number of benzene rings is 1. The van der Waals surface area contributed by atoms with Gasteiger partial charge in [-0.3, -0.25) is 9.52 Å². The molecule has 0 atom stereocenters. The number of aromatic nitrogens is 1. The van der Waals surface area contributed by atoms with E-state index in [1.54, 1.807) is 31.2 Å². The fourth-order valence-corrected chi connectivity index (χ4v) is 3.36. The molecule has 0 unspecified atom stereocenters. The van der Waals surface area contributed by atoms with Crippen LogP contribution in [-0.4, -0.2) is 25.1 Å². The van der Waals surface area contributed by atoms with E-state index >= 15 is 0 Å². The van der Waals surface area contributed by atoms with Gasteiger partial charge in [-0.1, -0.05) is 30.1 Å². The van der Waals surface area contributed by atoms with E-state index in [1.165, 1.54) is 12.1 Å². The summed E-state index contributed by atoms with van der Waals surface area (Å²) in [6, 6.07) is 9.21. The number of hydrogen-bond donors (Lipinski definition) is 2. The number of nitrogens with one attached hydrogen (secondary N) is 2. The first kappa shape index (κ1) is 18.5. The lowest BCUT2D eigenvalue weighted by molar-refractivity contribution is 0.102. The number of carbonyl (C=O) groups is 1. The Bertz CT molecular complexity index is 840. The van der Waals surface area contributed by atoms with Gasteiger partial charge in [0.2, 0.25) is 10.0 Å². The topological polar surface area (TPSA) is 88.2 Å². The molecule has 2 N–H and O–H groups in total. The Kier molecular flexibility index (Phi) is 6.04. The van der Waals surface area contributed by atoms with Crippen molar-refractivity contribution in [3.05, 3.63) is 52.3 Å². The molecule has 1 aromatic carbocycles. The van der Waals surface area contributed by atoms with Gasteiger partial charge >= 0.3 is 0 Å². The minimum Gasteiger partial charge on any atom is -0.321 e. The number of rotatable bonds is 6. The highest BCUT2D eigenvalue weighted by Gasteiger charge is 2.14. The van der Waals surface area contributed by atoms with Crippen molar-refractivity contribution < 1.29 is 13.2 Å². The zero-order valence-electron chi connectivity index (χ0n) is 12.7. The number of carbonyl (C=O) groups excluding carboxylic acids is 1. The minimum absolute atomic E-state index is 0.0110. The van der Waals surface area contributed by atoms with Gasteiger partial charge in [0, 0.05) is 11.4 Å². The average molecular weight is 388 g/mol. The summed E-state index contributed by atoms with van der Waals surface area (Å²) in [5.74, 6) is -0.466. The number of anilines is 2. The monoisotopic (exact) mass is 387 g/mol. The van der Waals surface area contributed by atoms with Crippen LogP contribution < -0.4 is 10.0 Å². The lowest BCUT2D eigenvalue weighted by atomic mass is 10.2. The van der Waals surface area contributed by atoms with E-state index in [0.717, 1.165) is 0 Å². The minimum atomic E-state index is -3.35. The van der Waals surface area contributed by atoms with Gasteiger partial charge in [-0.05, 0) is 42.8 Å². The van der Waals surface area contributed by atoms with Crippen LogP contribution in [0.25, 0.3) is 0 Å². The van der Waals surface area contributed by atoms with Crippen LogP contribution in [0.2, 0.25) is 10.2 Å². The van der Waals surface area contributed by atoms with Crippen molar-refractivity contribution in [1.29, 1.82) is 0 Å². The largest absolute Gasteiger partial charge is 0.321 e. The SMILES string of the molecule is CCCS(=O)(=O)Nc1ccc(NC(=O)c2nc(Cl)ccc2Cl)cc1. The van der Waals surface area contributed by atoms with Crippen LogP contribution >= 0.6 is 23.2 Å². The highest BCUT2D eigenvalue weighted by atomic mass is 35.5. The zero-order valence-corrected chi connectivity index (χ0v) is 15.0. The van der Waals surface area contributed by atoms with Crippen molar-refractivity contribution in [2.75, 3.05) is 15.8 Å². The molecular formula is C15H15Cl2N3O3S. The second kappa shape index (κ2) is 7.83. The molecule has 0 aliphatic heterocycles. The average Bonchev–Trinajstić information content (AvgIpc) is 2.51. The summed E-state index contributed by atoms with van der Waals surface area (Å²) in [6.07, 6.45) is 0.525. The molecule has 6 nitrogen and oxygen atoms in total. The van der Waals surface area contributed by atoms with Crippen molar-refractivity contribution in [3.8, 4) is 0 Å². The van der Waals surface area contributed by atoms with E-state index < -0.39 is 15.9 Å². The van der Waals surface area contributed by atoms with Crippen molar-refractivity contribution >= 4 is 50.5 Å². The predicted octanol–water partition coefficient (Wildman–Crippen LogP) is 3.79. The molecule has 24 heavy (non-hydrogen) atoms. The molecule has 0 saturated carbocycles. The number of hydrogen-bond acceptors (Lipinski definition) is 4. The van der Waals surface area contributed by atoms with Gasteiger partial charge in [-0.2, -0.15) is 0 Å². The standard InChI is InChI=1S/C15H15Cl2N3O3S/c1-2-9-24(22,23)20-11-5-3-10(4-6-11)18-15(21)14-12(16)7-8-13(17)19-14/h3-8,20H,2,9H2,1H3,(H,18,21). The maximum atomic E-state index is 12.2. The summed E-state index contributed by atoms with van der Waals surface area (Å²) < 4.78 is 25.9. The number of halogens is 2. The first-order valence-electron chi connectivity index (χ1n) is 7.04. The third kappa shape index (κ3) is 5.09. The van der Waals surface area contributed by atoms with Gasteiger partial charge in [0.1, 0.15) is 10.8 Å². The molecule has 0 fully saturated rings.